The molecule has 5 rings (SSSR count). The minimum atomic E-state index is -0.299. The molecule has 0 radical (unpaired) electrons. The van der Waals surface area contributed by atoms with E-state index in [4.69, 9.17) is 9.47 Å². The van der Waals surface area contributed by atoms with E-state index in [1.165, 1.54) is 0 Å². The van der Waals surface area contributed by atoms with Crippen LogP contribution in [0, 0.1) is 0 Å². The first-order valence-corrected chi connectivity index (χ1v) is 13.2. The van der Waals surface area contributed by atoms with Gasteiger partial charge < -0.3 is 14.4 Å². The number of hydrogen-bond acceptors (Lipinski definition) is 5. The van der Waals surface area contributed by atoms with Crippen molar-refractivity contribution in [2.75, 3.05) is 31.9 Å². The van der Waals surface area contributed by atoms with Gasteiger partial charge in [-0.3, -0.25) is 19.3 Å². The Hall–Kier alpha value is -4.36. The highest BCUT2D eigenvalue weighted by Crippen LogP contribution is 2.33. The third-order valence-electron chi connectivity index (χ3n) is 6.96. The number of aromatic nitrogens is 1. The highest BCUT2D eigenvalue weighted by Gasteiger charge is 2.38. The molecule has 0 saturated carbocycles. The predicted octanol–water partition coefficient (Wildman–Crippen LogP) is 4.78. The molecule has 0 atom stereocenters. The number of nitrogens with zero attached hydrogens (tertiary/aromatic N) is 3. The molecule has 0 spiro atoms. The van der Waals surface area contributed by atoms with Crippen LogP contribution in [0.25, 0.3) is 0 Å². The van der Waals surface area contributed by atoms with Gasteiger partial charge in [-0.1, -0.05) is 97.9 Å². The van der Waals surface area contributed by atoms with Crippen molar-refractivity contribution in [3.05, 3.63) is 135 Å². The summed E-state index contributed by atoms with van der Waals surface area (Å²) >= 11 is 0. The number of carbonyl (C=O) groups is 1. The monoisotopic (exact) mass is 523 g/mol. The number of hydrogen-bond donors (Lipinski definition) is 0. The van der Waals surface area contributed by atoms with Crippen LogP contribution in [0.3, 0.4) is 0 Å². The number of aryl methyl sites for hydroxylation is 1. The Morgan fingerprint density at radius 2 is 1.44 bits per heavy atom. The molecule has 39 heavy (non-hydrogen) atoms. The van der Waals surface area contributed by atoms with E-state index >= 15 is 0 Å². The number of amides is 1. The zero-order valence-electron chi connectivity index (χ0n) is 22.3. The average molecular weight is 524 g/mol. The Morgan fingerprint density at radius 3 is 2.00 bits per heavy atom. The molecular weight excluding hydrogens is 490 g/mol. The van der Waals surface area contributed by atoms with Gasteiger partial charge >= 0.3 is 0 Å². The second kappa shape index (κ2) is 12.0. The van der Waals surface area contributed by atoms with Gasteiger partial charge in [-0.15, -0.1) is 0 Å². The molecule has 3 aromatic carbocycles. The SMILES string of the molecule is CCc1cc(=O)c(OCc2ccccc2)c2n1N(C(c1ccccc1)c1ccccc1)CN(CCOC)C2=O. The maximum atomic E-state index is 14.0. The van der Waals surface area contributed by atoms with Crippen molar-refractivity contribution >= 4 is 5.91 Å². The highest BCUT2D eigenvalue weighted by atomic mass is 16.5. The van der Waals surface area contributed by atoms with Crippen LogP contribution in [0.4, 0.5) is 0 Å². The fraction of sp³-hybridized carbons (Fsp3) is 0.250. The predicted molar refractivity (Wildman–Crippen MR) is 152 cm³/mol. The summed E-state index contributed by atoms with van der Waals surface area (Å²) in [5, 5.41) is 2.16. The number of fused-ring (bicyclic) bond motifs is 1. The van der Waals surface area contributed by atoms with E-state index in [1.807, 2.05) is 78.3 Å². The standard InChI is InChI=1S/C32H33N3O4/c1-3-27-21-28(36)31(39-22-24-13-7-4-8-14-24)30-32(37)33(19-20-38-2)23-34(35(27)30)29(25-15-9-5-10-16-25)26-17-11-6-12-18-26/h4-18,21,29H,3,19-20,22-23H2,1-2H3. The normalized spacial score (nSPS) is 13.1. The minimum absolute atomic E-state index is 0.0630. The largest absolute Gasteiger partial charge is 0.482 e. The molecule has 1 aliphatic heterocycles. The number of benzene rings is 3. The van der Waals surface area contributed by atoms with Crippen molar-refractivity contribution in [3.8, 4) is 5.75 Å². The molecule has 1 aromatic heterocycles. The Morgan fingerprint density at radius 1 is 0.846 bits per heavy atom. The molecule has 0 bridgehead atoms. The smallest absolute Gasteiger partial charge is 0.277 e. The molecule has 7 nitrogen and oxygen atoms in total. The van der Waals surface area contributed by atoms with Gasteiger partial charge in [0, 0.05) is 25.4 Å². The van der Waals surface area contributed by atoms with Gasteiger partial charge in [0.05, 0.1) is 12.6 Å². The van der Waals surface area contributed by atoms with E-state index in [9.17, 15) is 9.59 Å². The van der Waals surface area contributed by atoms with Crippen LogP contribution in [0.15, 0.2) is 102 Å². The van der Waals surface area contributed by atoms with Crippen molar-refractivity contribution in [1.29, 1.82) is 0 Å². The molecule has 0 N–H and O–H groups in total. The Kier molecular flexibility index (Phi) is 8.08. The first kappa shape index (κ1) is 26.3. The van der Waals surface area contributed by atoms with Gasteiger partial charge in [0.25, 0.3) is 5.91 Å². The summed E-state index contributed by atoms with van der Waals surface area (Å²) in [5.41, 5.74) is 3.75. The van der Waals surface area contributed by atoms with Gasteiger partial charge in [-0.2, -0.15) is 0 Å². The van der Waals surface area contributed by atoms with Crippen molar-refractivity contribution in [1.82, 2.24) is 9.58 Å². The quantitative estimate of drug-likeness (QED) is 0.300. The summed E-state index contributed by atoms with van der Waals surface area (Å²) in [7, 11) is 1.62. The second-order valence-electron chi connectivity index (χ2n) is 9.48. The topological polar surface area (TPSA) is 64.0 Å². The van der Waals surface area contributed by atoms with Gasteiger partial charge in [0.1, 0.15) is 13.3 Å². The second-order valence-corrected chi connectivity index (χ2v) is 9.48. The molecule has 7 heteroatoms. The van der Waals surface area contributed by atoms with Crippen LogP contribution in [0.2, 0.25) is 0 Å². The van der Waals surface area contributed by atoms with Crippen molar-refractivity contribution in [2.45, 2.75) is 26.0 Å². The minimum Gasteiger partial charge on any atom is -0.482 e. The fourth-order valence-corrected chi connectivity index (χ4v) is 5.07. The number of rotatable bonds is 10. The summed E-state index contributed by atoms with van der Waals surface area (Å²) in [6, 6.07) is 31.4. The third kappa shape index (κ3) is 5.45. The molecule has 0 fully saturated rings. The van der Waals surface area contributed by atoms with Crippen LogP contribution in [0.1, 0.15) is 45.8 Å². The zero-order chi connectivity index (χ0) is 27.2. The van der Waals surface area contributed by atoms with E-state index in [0.717, 1.165) is 22.4 Å². The van der Waals surface area contributed by atoms with Gasteiger partial charge in [0.15, 0.2) is 11.4 Å². The van der Waals surface area contributed by atoms with Gasteiger partial charge in [-0.25, -0.2) is 0 Å². The number of carbonyl (C=O) groups excluding carboxylic acids is 1. The Labute approximate surface area is 228 Å². The number of methoxy groups -OCH3 is 1. The molecular formula is C32H33N3O4. The van der Waals surface area contributed by atoms with E-state index in [2.05, 4.69) is 29.3 Å². The number of ether oxygens (including phenoxy) is 2. The average Bonchev–Trinajstić information content (AvgIpc) is 2.98. The van der Waals surface area contributed by atoms with Gasteiger partial charge in [0.2, 0.25) is 5.43 Å². The van der Waals surface area contributed by atoms with Crippen molar-refractivity contribution in [2.24, 2.45) is 0 Å². The van der Waals surface area contributed by atoms with Crippen molar-refractivity contribution < 1.29 is 14.3 Å². The van der Waals surface area contributed by atoms with Crippen LogP contribution in [-0.2, 0) is 17.8 Å². The summed E-state index contributed by atoms with van der Waals surface area (Å²) in [6.07, 6.45) is 0.569. The third-order valence-corrected chi connectivity index (χ3v) is 6.96. The maximum absolute atomic E-state index is 14.0. The summed E-state index contributed by atoms with van der Waals surface area (Å²) in [6.45, 7) is 3.24. The van der Waals surface area contributed by atoms with E-state index in [-0.39, 0.29) is 35.4 Å². The van der Waals surface area contributed by atoms with Crippen LogP contribution in [-0.4, -0.2) is 42.4 Å². The molecule has 200 valence electrons. The summed E-state index contributed by atoms with van der Waals surface area (Å²) in [5.74, 6) is -0.188. The van der Waals surface area contributed by atoms with Crippen LogP contribution < -0.4 is 15.2 Å². The first-order valence-electron chi connectivity index (χ1n) is 13.2. The molecule has 1 aliphatic rings. The lowest BCUT2D eigenvalue weighted by Gasteiger charge is -2.45. The van der Waals surface area contributed by atoms with Crippen LogP contribution >= 0.6 is 0 Å². The number of pyridine rings is 1. The lowest BCUT2D eigenvalue weighted by atomic mass is 9.98. The molecule has 0 saturated heterocycles. The van der Waals surface area contributed by atoms with E-state index < -0.39 is 0 Å². The molecule has 0 unspecified atom stereocenters. The molecule has 2 heterocycles. The lowest BCUT2D eigenvalue weighted by molar-refractivity contribution is 0.0609. The fourth-order valence-electron chi connectivity index (χ4n) is 5.07. The summed E-state index contributed by atoms with van der Waals surface area (Å²) in [4.78, 5) is 29.2. The highest BCUT2D eigenvalue weighted by molar-refractivity contribution is 5.96. The van der Waals surface area contributed by atoms with Crippen LogP contribution in [0.5, 0.6) is 5.75 Å². The van der Waals surface area contributed by atoms with Gasteiger partial charge in [-0.05, 0) is 23.1 Å². The summed E-state index contributed by atoms with van der Waals surface area (Å²) < 4.78 is 13.4. The molecule has 1 amide bonds. The van der Waals surface area contributed by atoms with E-state index in [0.29, 0.717) is 26.2 Å². The lowest BCUT2D eigenvalue weighted by Crippen LogP contribution is -2.57. The molecule has 0 aliphatic carbocycles. The first-order chi connectivity index (χ1) is 19.1. The maximum Gasteiger partial charge on any atom is 0.277 e. The van der Waals surface area contributed by atoms with Crippen molar-refractivity contribution in [3.63, 3.8) is 0 Å². The van der Waals surface area contributed by atoms with E-state index in [1.54, 1.807) is 18.1 Å². The Bertz CT molecular complexity index is 1420. The zero-order valence-corrected chi connectivity index (χ0v) is 22.3. The molecule has 4 aromatic rings. The Balaban J connectivity index is 1.71.